The van der Waals surface area contributed by atoms with Gasteiger partial charge in [0.15, 0.2) is 0 Å². The molecule has 0 aromatic carbocycles. The van der Waals surface area contributed by atoms with E-state index in [1.165, 1.54) is 6.42 Å². The molecule has 1 aliphatic rings. The lowest BCUT2D eigenvalue weighted by atomic mass is 10.1. The average Bonchev–Trinajstić information content (AvgIpc) is 2.62. The predicted molar refractivity (Wildman–Crippen MR) is 80.0 cm³/mol. The highest BCUT2D eigenvalue weighted by atomic mass is 16.2. The van der Waals surface area contributed by atoms with E-state index in [4.69, 9.17) is 5.73 Å². The van der Waals surface area contributed by atoms with E-state index in [2.05, 4.69) is 23.6 Å². The summed E-state index contributed by atoms with van der Waals surface area (Å²) in [5.74, 6) is 0.959. The van der Waals surface area contributed by atoms with Crippen LogP contribution in [0.4, 0.5) is 0 Å². The van der Waals surface area contributed by atoms with Gasteiger partial charge >= 0.3 is 0 Å². The Bertz CT molecular complexity index is 256. The highest BCUT2D eigenvalue weighted by Gasteiger charge is 2.18. The van der Waals surface area contributed by atoms with Crippen molar-refractivity contribution in [3.63, 3.8) is 0 Å². The van der Waals surface area contributed by atoms with Gasteiger partial charge in [-0.25, -0.2) is 0 Å². The van der Waals surface area contributed by atoms with Gasteiger partial charge in [-0.15, -0.1) is 0 Å². The second-order valence-corrected chi connectivity index (χ2v) is 6.00. The first-order valence-corrected chi connectivity index (χ1v) is 7.83. The third kappa shape index (κ3) is 6.92. The number of hydrogen-bond donors (Lipinski definition) is 1. The summed E-state index contributed by atoms with van der Waals surface area (Å²) in [5, 5.41) is 0. The van der Waals surface area contributed by atoms with Crippen molar-refractivity contribution in [3.05, 3.63) is 0 Å². The van der Waals surface area contributed by atoms with Gasteiger partial charge in [0.1, 0.15) is 0 Å². The number of unbranched alkanes of at least 4 members (excludes halogenated alkanes) is 1. The topological polar surface area (TPSA) is 49.6 Å². The van der Waals surface area contributed by atoms with E-state index < -0.39 is 0 Å². The summed E-state index contributed by atoms with van der Waals surface area (Å²) < 4.78 is 0. The minimum Gasteiger partial charge on any atom is -0.341 e. The maximum absolute atomic E-state index is 12.1. The standard InChI is InChI=1S/C15H31N3O/c1-14(2)6-7-15(19)18-11-5-10-17(12-13-18)9-4-3-8-16/h14H,3-13,16H2,1-2H3. The minimum absolute atomic E-state index is 0.345. The van der Waals surface area contributed by atoms with Crippen LogP contribution in [0.2, 0.25) is 0 Å². The minimum atomic E-state index is 0.345. The fourth-order valence-electron chi connectivity index (χ4n) is 2.49. The first-order chi connectivity index (χ1) is 9.13. The van der Waals surface area contributed by atoms with Crippen molar-refractivity contribution in [2.45, 2.75) is 46.0 Å². The Labute approximate surface area is 118 Å². The molecule has 4 heteroatoms. The number of carbonyl (C=O) groups excluding carboxylic acids is 1. The SMILES string of the molecule is CC(C)CCC(=O)N1CCCN(CCCCN)CC1. The van der Waals surface area contributed by atoms with E-state index in [0.717, 1.165) is 58.5 Å². The quantitative estimate of drug-likeness (QED) is 0.716. The molecule has 1 saturated heterocycles. The van der Waals surface area contributed by atoms with Gasteiger partial charge < -0.3 is 15.5 Å². The summed E-state index contributed by atoms with van der Waals surface area (Å²) in [6.07, 6.45) is 5.11. The average molecular weight is 269 g/mol. The summed E-state index contributed by atoms with van der Waals surface area (Å²) in [7, 11) is 0. The van der Waals surface area contributed by atoms with Gasteiger partial charge in [-0.1, -0.05) is 13.8 Å². The Morgan fingerprint density at radius 1 is 1.16 bits per heavy atom. The molecule has 2 N–H and O–H groups in total. The normalized spacial score (nSPS) is 17.8. The van der Waals surface area contributed by atoms with Crippen LogP contribution in [0.5, 0.6) is 0 Å². The summed E-state index contributed by atoms with van der Waals surface area (Å²) in [5.41, 5.74) is 5.52. The Hall–Kier alpha value is -0.610. The second kappa shape index (κ2) is 9.32. The summed E-state index contributed by atoms with van der Waals surface area (Å²) in [6.45, 7) is 10.3. The van der Waals surface area contributed by atoms with E-state index in [0.29, 0.717) is 18.2 Å². The Morgan fingerprint density at radius 3 is 2.63 bits per heavy atom. The van der Waals surface area contributed by atoms with Gasteiger partial charge in [0, 0.05) is 26.1 Å². The molecule has 112 valence electrons. The Balaban J connectivity index is 2.26. The zero-order valence-electron chi connectivity index (χ0n) is 12.7. The third-order valence-electron chi connectivity index (χ3n) is 3.81. The largest absolute Gasteiger partial charge is 0.341 e. The highest BCUT2D eigenvalue weighted by Crippen LogP contribution is 2.10. The molecule has 0 aromatic heterocycles. The molecule has 0 saturated carbocycles. The van der Waals surface area contributed by atoms with Crippen molar-refractivity contribution >= 4 is 5.91 Å². The number of carbonyl (C=O) groups is 1. The molecule has 0 radical (unpaired) electrons. The second-order valence-electron chi connectivity index (χ2n) is 6.00. The molecule has 0 aliphatic carbocycles. The van der Waals surface area contributed by atoms with E-state index in [9.17, 15) is 4.79 Å². The molecular formula is C15H31N3O. The molecule has 1 fully saturated rings. The van der Waals surface area contributed by atoms with Crippen molar-refractivity contribution in [2.24, 2.45) is 11.7 Å². The van der Waals surface area contributed by atoms with Crippen LogP contribution < -0.4 is 5.73 Å². The zero-order chi connectivity index (χ0) is 14.1. The number of nitrogens with two attached hydrogens (primary N) is 1. The lowest BCUT2D eigenvalue weighted by Gasteiger charge is -2.22. The van der Waals surface area contributed by atoms with Gasteiger partial charge in [-0.3, -0.25) is 4.79 Å². The number of amides is 1. The fraction of sp³-hybridized carbons (Fsp3) is 0.933. The van der Waals surface area contributed by atoms with Crippen molar-refractivity contribution in [1.29, 1.82) is 0 Å². The lowest BCUT2D eigenvalue weighted by molar-refractivity contribution is -0.131. The maximum atomic E-state index is 12.1. The van der Waals surface area contributed by atoms with Crippen LogP contribution in [0.1, 0.15) is 46.0 Å². The van der Waals surface area contributed by atoms with E-state index in [-0.39, 0.29) is 0 Å². The van der Waals surface area contributed by atoms with Gasteiger partial charge in [-0.2, -0.15) is 0 Å². The molecule has 1 aliphatic heterocycles. The Morgan fingerprint density at radius 2 is 1.95 bits per heavy atom. The number of hydrogen-bond acceptors (Lipinski definition) is 3. The van der Waals surface area contributed by atoms with Crippen molar-refractivity contribution in [2.75, 3.05) is 39.3 Å². The summed E-state index contributed by atoms with van der Waals surface area (Å²) in [4.78, 5) is 16.7. The molecular weight excluding hydrogens is 238 g/mol. The first-order valence-electron chi connectivity index (χ1n) is 7.83. The van der Waals surface area contributed by atoms with Crippen molar-refractivity contribution in [1.82, 2.24) is 9.80 Å². The molecule has 0 aromatic rings. The van der Waals surface area contributed by atoms with Gasteiger partial charge in [-0.05, 0) is 51.2 Å². The zero-order valence-corrected chi connectivity index (χ0v) is 12.7. The van der Waals surface area contributed by atoms with Crippen LogP contribution in [-0.2, 0) is 4.79 Å². The monoisotopic (exact) mass is 269 g/mol. The van der Waals surface area contributed by atoms with Gasteiger partial charge in [0.2, 0.25) is 5.91 Å². The fourth-order valence-corrected chi connectivity index (χ4v) is 2.49. The smallest absolute Gasteiger partial charge is 0.222 e. The molecule has 0 unspecified atom stereocenters. The van der Waals surface area contributed by atoms with Crippen LogP contribution in [0, 0.1) is 5.92 Å². The van der Waals surface area contributed by atoms with E-state index >= 15 is 0 Å². The molecule has 19 heavy (non-hydrogen) atoms. The first kappa shape index (κ1) is 16.4. The molecule has 0 spiro atoms. The van der Waals surface area contributed by atoms with Crippen molar-refractivity contribution < 1.29 is 4.79 Å². The van der Waals surface area contributed by atoms with Crippen LogP contribution in [-0.4, -0.2) is 55.0 Å². The van der Waals surface area contributed by atoms with Crippen molar-refractivity contribution in [3.8, 4) is 0 Å². The number of rotatable bonds is 7. The third-order valence-corrected chi connectivity index (χ3v) is 3.81. The van der Waals surface area contributed by atoms with E-state index in [1.807, 2.05) is 0 Å². The van der Waals surface area contributed by atoms with Crippen LogP contribution >= 0.6 is 0 Å². The molecule has 1 amide bonds. The molecule has 1 rings (SSSR count). The Kier molecular flexibility index (Phi) is 8.07. The van der Waals surface area contributed by atoms with Crippen LogP contribution in [0.15, 0.2) is 0 Å². The van der Waals surface area contributed by atoms with Crippen LogP contribution in [0.3, 0.4) is 0 Å². The lowest BCUT2D eigenvalue weighted by Crippen LogP contribution is -2.35. The van der Waals surface area contributed by atoms with Gasteiger partial charge in [0.05, 0.1) is 0 Å². The van der Waals surface area contributed by atoms with Gasteiger partial charge in [0.25, 0.3) is 0 Å². The van der Waals surface area contributed by atoms with Crippen LogP contribution in [0.25, 0.3) is 0 Å². The van der Waals surface area contributed by atoms with E-state index in [1.54, 1.807) is 0 Å². The molecule has 4 nitrogen and oxygen atoms in total. The maximum Gasteiger partial charge on any atom is 0.222 e. The molecule has 1 heterocycles. The molecule has 0 atom stereocenters. The summed E-state index contributed by atoms with van der Waals surface area (Å²) >= 11 is 0. The summed E-state index contributed by atoms with van der Waals surface area (Å²) in [6, 6.07) is 0. The molecule has 0 bridgehead atoms. The highest BCUT2D eigenvalue weighted by molar-refractivity contribution is 5.76. The predicted octanol–water partition coefficient (Wildman–Crippen LogP) is 1.70. The number of nitrogens with zero attached hydrogens (tertiary/aromatic N) is 2.